The molecule has 1 aromatic carbocycles. The van der Waals surface area contributed by atoms with Crippen LogP contribution < -0.4 is 0 Å². The second-order valence-corrected chi connectivity index (χ2v) is 6.96. The van der Waals surface area contributed by atoms with E-state index in [1.807, 2.05) is 23.1 Å². The number of rotatable bonds is 3. The average molecular weight is 348 g/mol. The van der Waals surface area contributed by atoms with E-state index in [0.29, 0.717) is 0 Å². The summed E-state index contributed by atoms with van der Waals surface area (Å²) >= 11 is 0. The van der Waals surface area contributed by atoms with Crippen molar-refractivity contribution in [2.75, 3.05) is 26.2 Å². The molecular weight excluding hydrogens is 324 g/mol. The first-order chi connectivity index (χ1) is 12.6. The van der Waals surface area contributed by atoms with Crippen molar-refractivity contribution in [2.24, 2.45) is 0 Å². The topological polar surface area (TPSA) is 40.9 Å². The maximum Gasteiger partial charge on any atom is 0.219 e. The molecule has 0 atom stereocenters. The summed E-state index contributed by atoms with van der Waals surface area (Å²) in [7, 11) is 0. The fourth-order valence-corrected chi connectivity index (χ4v) is 3.76. The number of aromatic nitrogens is 2. The number of imidazole rings is 1. The summed E-state index contributed by atoms with van der Waals surface area (Å²) in [5.74, 6) is 0.176. The van der Waals surface area contributed by atoms with Crippen LogP contribution in [0.5, 0.6) is 0 Å². The third-order valence-electron chi connectivity index (χ3n) is 5.13. The molecule has 0 aliphatic carbocycles. The Morgan fingerprint density at radius 2 is 1.88 bits per heavy atom. The Labute approximate surface area is 153 Å². The standard InChI is InChI=1S/C21H24N4O/c1-16-21(25-9-4-3-8-20(25)22-16)19-7-5-6-18(14-19)15-23-10-12-24(13-11-23)17(2)26/h3-9,14H,10-13,15H2,1-2H3. The summed E-state index contributed by atoms with van der Waals surface area (Å²) in [6.45, 7) is 8.13. The predicted molar refractivity (Wildman–Crippen MR) is 103 cm³/mol. The van der Waals surface area contributed by atoms with Crippen LogP contribution in [0.3, 0.4) is 0 Å². The summed E-state index contributed by atoms with van der Waals surface area (Å²) in [6.07, 6.45) is 2.07. The second kappa shape index (κ2) is 6.92. The van der Waals surface area contributed by atoms with Crippen molar-refractivity contribution >= 4 is 11.6 Å². The monoisotopic (exact) mass is 348 g/mol. The number of pyridine rings is 1. The van der Waals surface area contributed by atoms with Gasteiger partial charge >= 0.3 is 0 Å². The normalized spacial score (nSPS) is 15.5. The molecule has 0 spiro atoms. The summed E-state index contributed by atoms with van der Waals surface area (Å²) in [4.78, 5) is 20.5. The number of benzene rings is 1. The van der Waals surface area contributed by atoms with Gasteiger partial charge in [-0.25, -0.2) is 4.98 Å². The molecule has 0 bridgehead atoms. The first kappa shape index (κ1) is 16.8. The molecule has 5 nitrogen and oxygen atoms in total. The maximum atomic E-state index is 11.5. The van der Waals surface area contributed by atoms with Gasteiger partial charge in [-0.1, -0.05) is 24.3 Å². The largest absolute Gasteiger partial charge is 0.340 e. The van der Waals surface area contributed by atoms with Crippen molar-refractivity contribution in [3.05, 3.63) is 59.9 Å². The number of hydrogen-bond donors (Lipinski definition) is 0. The number of aryl methyl sites for hydroxylation is 1. The van der Waals surface area contributed by atoms with Crippen molar-refractivity contribution < 1.29 is 4.79 Å². The molecule has 1 aliphatic rings. The van der Waals surface area contributed by atoms with Gasteiger partial charge in [0.1, 0.15) is 5.65 Å². The number of carbonyl (C=O) groups is 1. The number of fused-ring (bicyclic) bond motifs is 1. The molecule has 134 valence electrons. The fraction of sp³-hybridized carbons (Fsp3) is 0.333. The fourth-order valence-electron chi connectivity index (χ4n) is 3.76. The van der Waals surface area contributed by atoms with Crippen LogP contribution >= 0.6 is 0 Å². The number of nitrogens with zero attached hydrogens (tertiary/aromatic N) is 4. The van der Waals surface area contributed by atoms with E-state index in [2.05, 4.69) is 51.7 Å². The molecule has 26 heavy (non-hydrogen) atoms. The Bertz CT molecular complexity index is 938. The van der Waals surface area contributed by atoms with Gasteiger partial charge in [-0.3, -0.25) is 14.1 Å². The van der Waals surface area contributed by atoms with Crippen molar-refractivity contribution in [2.45, 2.75) is 20.4 Å². The van der Waals surface area contributed by atoms with E-state index >= 15 is 0 Å². The number of hydrogen-bond acceptors (Lipinski definition) is 3. The average Bonchev–Trinajstić information content (AvgIpc) is 2.98. The number of piperazine rings is 1. The molecular formula is C21H24N4O. The zero-order valence-electron chi connectivity index (χ0n) is 15.4. The first-order valence-electron chi connectivity index (χ1n) is 9.13. The van der Waals surface area contributed by atoms with E-state index in [1.54, 1.807) is 6.92 Å². The van der Waals surface area contributed by atoms with Gasteiger partial charge in [-0.05, 0) is 30.7 Å². The molecule has 1 fully saturated rings. The van der Waals surface area contributed by atoms with Gasteiger partial charge < -0.3 is 4.90 Å². The van der Waals surface area contributed by atoms with E-state index in [1.165, 1.54) is 11.1 Å². The van der Waals surface area contributed by atoms with Crippen LogP contribution in [0.15, 0.2) is 48.7 Å². The van der Waals surface area contributed by atoms with Crippen molar-refractivity contribution in [3.63, 3.8) is 0 Å². The van der Waals surface area contributed by atoms with Crippen LogP contribution in [0.25, 0.3) is 16.9 Å². The Morgan fingerprint density at radius 1 is 1.08 bits per heavy atom. The van der Waals surface area contributed by atoms with Crippen LogP contribution in [0, 0.1) is 6.92 Å². The van der Waals surface area contributed by atoms with E-state index in [9.17, 15) is 4.79 Å². The van der Waals surface area contributed by atoms with Gasteiger partial charge in [0.2, 0.25) is 5.91 Å². The smallest absolute Gasteiger partial charge is 0.219 e. The van der Waals surface area contributed by atoms with Crippen LogP contribution in [0.4, 0.5) is 0 Å². The lowest BCUT2D eigenvalue weighted by atomic mass is 10.1. The number of amides is 1. The van der Waals surface area contributed by atoms with Gasteiger partial charge in [-0.15, -0.1) is 0 Å². The molecule has 1 saturated heterocycles. The summed E-state index contributed by atoms with van der Waals surface area (Å²) in [6, 6.07) is 14.8. The lowest BCUT2D eigenvalue weighted by Crippen LogP contribution is -2.47. The van der Waals surface area contributed by atoms with Crippen LogP contribution in [-0.2, 0) is 11.3 Å². The minimum Gasteiger partial charge on any atom is -0.340 e. The Hall–Kier alpha value is -2.66. The maximum absolute atomic E-state index is 11.5. The minimum absolute atomic E-state index is 0.176. The van der Waals surface area contributed by atoms with Crippen molar-refractivity contribution in [1.82, 2.24) is 19.2 Å². The van der Waals surface area contributed by atoms with Gasteiger partial charge in [0.15, 0.2) is 0 Å². The van der Waals surface area contributed by atoms with Crippen molar-refractivity contribution in [3.8, 4) is 11.3 Å². The van der Waals surface area contributed by atoms with Gasteiger partial charge in [0, 0.05) is 51.4 Å². The molecule has 2 aromatic heterocycles. The molecule has 0 unspecified atom stereocenters. The second-order valence-electron chi connectivity index (χ2n) is 6.96. The van der Waals surface area contributed by atoms with Gasteiger partial charge in [0.25, 0.3) is 0 Å². The zero-order chi connectivity index (χ0) is 18.1. The molecule has 0 N–H and O–H groups in total. The third kappa shape index (κ3) is 3.22. The van der Waals surface area contributed by atoms with E-state index in [0.717, 1.165) is 49.8 Å². The predicted octanol–water partition coefficient (Wildman–Crippen LogP) is 2.97. The third-order valence-corrected chi connectivity index (χ3v) is 5.13. The minimum atomic E-state index is 0.176. The highest BCUT2D eigenvalue weighted by atomic mass is 16.2. The Balaban J connectivity index is 1.56. The van der Waals surface area contributed by atoms with Crippen LogP contribution in [0.2, 0.25) is 0 Å². The SMILES string of the molecule is CC(=O)N1CCN(Cc2cccc(-c3c(C)nc4ccccn34)c2)CC1. The van der Waals surface area contributed by atoms with Gasteiger partial charge in [-0.2, -0.15) is 0 Å². The van der Waals surface area contributed by atoms with Gasteiger partial charge in [0.05, 0.1) is 11.4 Å². The molecule has 3 heterocycles. The first-order valence-corrected chi connectivity index (χ1v) is 9.13. The summed E-state index contributed by atoms with van der Waals surface area (Å²) in [5.41, 5.74) is 5.67. The van der Waals surface area contributed by atoms with E-state index < -0.39 is 0 Å². The summed E-state index contributed by atoms with van der Waals surface area (Å²) < 4.78 is 2.15. The lowest BCUT2D eigenvalue weighted by molar-refractivity contribution is -0.130. The number of carbonyl (C=O) groups excluding carboxylic acids is 1. The molecule has 4 rings (SSSR count). The summed E-state index contributed by atoms with van der Waals surface area (Å²) in [5, 5.41) is 0. The molecule has 0 saturated carbocycles. The molecule has 3 aromatic rings. The van der Waals surface area contributed by atoms with Crippen LogP contribution in [-0.4, -0.2) is 51.3 Å². The Morgan fingerprint density at radius 3 is 2.65 bits per heavy atom. The molecule has 1 amide bonds. The highest BCUT2D eigenvalue weighted by Crippen LogP contribution is 2.26. The Kier molecular flexibility index (Phi) is 4.47. The molecule has 1 aliphatic heterocycles. The van der Waals surface area contributed by atoms with Crippen LogP contribution in [0.1, 0.15) is 18.2 Å². The van der Waals surface area contributed by atoms with E-state index in [4.69, 9.17) is 0 Å². The molecule has 0 radical (unpaired) electrons. The highest BCUT2D eigenvalue weighted by Gasteiger charge is 2.19. The lowest BCUT2D eigenvalue weighted by Gasteiger charge is -2.34. The van der Waals surface area contributed by atoms with E-state index in [-0.39, 0.29) is 5.91 Å². The zero-order valence-corrected chi connectivity index (χ0v) is 15.4. The highest BCUT2D eigenvalue weighted by molar-refractivity contribution is 5.73. The molecule has 5 heteroatoms. The van der Waals surface area contributed by atoms with Crippen molar-refractivity contribution in [1.29, 1.82) is 0 Å². The quantitative estimate of drug-likeness (QED) is 0.731.